The minimum atomic E-state index is -0.103. The van der Waals surface area contributed by atoms with Crippen LogP contribution in [0.15, 0.2) is 67.3 Å². The first-order valence-electron chi connectivity index (χ1n) is 7.53. The summed E-state index contributed by atoms with van der Waals surface area (Å²) in [5.74, 6) is -0.103. The predicted octanol–water partition coefficient (Wildman–Crippen LogP) is 3.79. The van der Waals surface area contributed by atoms with Crippen molar-refractivity contribution >= 4 is 28.9 Å². The number of carbonyl (C=O) groups is 1. The number of amides is 1. The molecule has 0 radical (unpaired) electrons. The van der Waals surface area contributed by atoms with Gasteiger partial charge in [0.1, 0.15) is 6.54 Å². The van der Waals surface area contributed by atoms with E-state index in [1.165, 1.54) is 0 Å². The number of anilines is 2. The molecule has 5 nitrogen and oxygen atoms in total. The quantitative estimate of drug-likeness (QED) is 0.717. The highest BCUT2D eigenvalue weighted by Crippen LogP contribution is 2.22. The zero-order valence-corrected chi connectivity index (χ0v) is 13.7. The van der Waals surface area contributed by atoms with Gasteiger partial charge in [0, 0.05) is 24.0 Å². The van der Waals surface area contributed by atoms with Gasteiger partial charge in [-0.15, -0.1) is 0 Å². The monoisotopic (exact) mass is 340 g/mol. The summed E-state index contributed by atoms with van der Waals surface area (Å²) in [5.41, 5.74) is 2.72. The van der Waals surface area contributed by atoms with Crippen molar-refractivity contribution in [1.82, 2.24) is 9.55 Å². The molecule has 0 bridgehead atoms. The molecular formula is C18H17ClN4O. The van der Waals surface area contributed by atoms with Gasteiger partial charge in [-0.2, -0.15) is 0 Å². The summed E-state index contributed by atoms with van der Waals surface area (Å²) >= 11 is 5.90. The molecule has 0 aliphatic carbocycles. The van der Waals surface area contributed by atoms with Crippen LogP contribution >= 0.6 is 11.6 Å². The van der Waals surface area contributed by atoms with Gasteiger partial charge in [0.2, 0.25) is 5.91 Å². The van der Waals surface area contributed by atoms with E-state index in [2.05, 4.69) is 15.6 Å². The molecule has 0 aliphatic rings. The van der Waals surface area contributed by atoms with Gasteiger partial charge in [-0.05, 0) is 29.8 Å². The van der Waals surface area contributed by atoms with Crippen LogP contribution in [-0.4, -0.2) is 15.5 Å². The molecule has 3 rings (SSSR count). The molecule has 1 heterocycles. The largest absolute Gasteiger partial charge is 0.379 e. The third kappa shape index (κ3) is 4.36. The highest BCUT2D eigenvalue weighted by atomic mass is 35.5. The van der Waals surface area contributed by atoms with Gasteiger partial charge in [-0.3, -0.25) is 4.79 Å². The van der Waals surface area contributed by atoms with Gasteiger partial charge in [0.05, 0.1) is 17.7 Å². The molecule has 0 spiro atoms. The molecule has 0 saturated heterocycles. The second kappa shape index (κ2) is 7.66. The second-order valence-corrected chi connectivity index (χ2v) is 5.75. The number of benzene rings is 2. The van der Waals surface area contributed by atoms with Crippen molar-refractivity contribution in [2.45, 2.75) is 13.1 Å². The van der Waals surface area contributed by atoms with Crippen molar-refractivity contribution in [1.29, 1.82) is 0 Å². The van der Waals surface area contributed by atoms with Gasteiger partial charge in [-0.25, -0.2) is 4.98 Å². The van der Waals surface area contributed by atoms with E-state index in [1.807, 2.05) is 48.5 Å². The fourth-order valence-corrected chi connectivity index (χ4v) is 2.41. The molecule has 0 aliphatic heterocycles. The number of carbonyl (C=O) groups excluding carboxylic acids is 1. The summed E-state index contributed by atoms with van der Waals surface area (Å²) in [7, 11) is 0. The van der Waals surface area contributed by atoms with Crippen LogP contribution in [0.2, 0.25) is 5.02 Å². The molecular weight excluding hydrogens is 324 g/mol. The van der Waals surface area contributed by atoms with E-state index < -0.39 is 0 Å². The van der Waals surface area contributed by atoms with E-state index in [1.54, 1.807) is 23.3 Å². The Morgan fingerprint density at radius 2 is 1.83 bits per heavy atom. The minimum Gasteiger partial charge on any atom is -0.379 e. The Kier molecular flexibility index (Phi) is 5.13. The normalized spacial score (nSPS) is 10.4. The van der Waals surface area contributed by atoms with Crippen molar-refractivity contribution < 1.29 is 4.79 Å². The fraction of sp³-hybridized carbons (Fsp3) is 0.111. The highest BCUT2D eigenvalue weighted by molar-refractivity contribution is 6.30. The van der Waals surface area contributed by atoms with Gasteiger partial charge < -0.3 is 15.2 Å². The van der Waals surface area contributed by atoms with Gasteiger partial charge in [0.25, 0.3) is 0 Å². The summed E-state index contributed by atoms with van der Waals surface area (Å²) in [4.78, 5) is 16.1. The first-order valence-corrected chi connectivity index (χ1v) is 7.91. The molecule has 0 unspecified atom stereocenters. The molecule has 3 aromatic rings. The molecule has 24 heavy (non-hydrogen) atoms. The second-order valence-electron chi connectivity index (χ2n) is 5.31. The summed E-state index contributed by atoms with van der Waals surface area (Å²) in [6, 6.07) is 15.3. The average molecular weight is 341 g/mol. The SMILES string of the molecule is O=C(Cn1ccnc1)Nc1ccccc1NCc1ccc(Cl)cc1. The number of nitrogens with zero attached hydrogens (tertiary/aromatic N) is 2. The molecule has 2 aromatic carbocycles. The maximum absolute atomic E-state index is 12.1. The Morgan fingerprint density at radius 1 is 1.08 bits per heavy atom. The Morgan fingerprint density at radius 3 is 2.54 bits per heavy atom. The lowest BCUT2D eigenvalue weighted by Gasteiger charge is -2.13. The Hall–Kier alpha value is -2.79. The molecule has 122 valence electrons. The van der Waals surface area contributed by atoms with Crippen LogP contribution < -0.4 is 10.6 Å². The molecule has 0 saturated carbocycles. The van der Waals surface area contributed by atoms with E-state index >= 15 is 0 Å². The van der Waals surface area contributed by atoms with Gasteiger partial charge >= 0.3 is 0 Å². The van der Waals surface area contributed by atoms with Crippen LogP contribution in [0, 0.1) is 0 Å². The van der Waals surface area contributed by atoms with E-state index in [0.29, 0.717) is 11.6 Å². The lowest BCUT2D eigenvalue weighted by atomic mass is 10.2. The number of para-hydroxylation sites is 2. The summed E-state index contributed by atoms with van der Waals surface area (Å²) in [6.07, 6.45) is 5.02. The molecule has 2 N–H and O–H groups in total. The van der Waals surface area contributed by atoms with Crippen LogP contribution in [-0.2, 0) is 17.9 Å². The molecule has 1 aromatic heterocycles. The van der Waals surface area contributed by atoms with E-state index in [9.17, 15) is 4.79 Å². The number of hydrogen-bond acceptors (Lipinski definition) is 3. The van der Waals surface area contributed by atoms with Crippen molar-refractivity contribution in [2.24, 2.45) is 0 Å². The topological polar surface area (TPSA) is 59.0 Å². The van der Waals surface area contributed by atoms with Gasteiger partial charge in [-0.1, -0.05) is 35.9 Å². The number of aromatic nitrogens is 2. The lowest BCUT2D eigenvalue weighted by molar-refractivity contribution is -0.116. The third-order valence-electron chi connectivity index (χ3n) is 3.48. The average Bonchev–Trinajstić information content (AvgIpc) is 3.08. The van der Waals surface area contributed by atoms with Gasteiger partial charge in [0.15, 0.2) is 0 Å². The molecule has 0 fully saturated rings. The Labute approximate surface area is 145 Å². The lowest BCUT2D eigenvalue weighted by Crippen LogP contribution is -2.18. The summed E-state index contributed by atoms with van der Waals surface area (Å²) in [5, 5.41) is 6.97. The number of hydrogen-bond donors (Lipinski definition) is 2. The number of imidazole rings is 1. The number of nitrogens with one attached hydrogen (secondary N) is 2. The van der Waals surface area contributed by atoms with E-state index in [4.69, 9.17) is 11.6 Å². The zero-order chi connectivity index (χ0) is 16.8. The third-order valence-corrected chi connectivity index (χ3v) is 3.73. The van der Waals surface area contributed by atoms with Crippen LogP contribution in [0.1, 0.15) is 5.56 Å². The highest BCUT2D eigenvalue weighted by Gasteiger charge is 2.07. The van der Waals surface area contributed by atoms with Crippen molar-refractivity contribution in [3.63, 3.8) is 0 Å². The maximum Gasteiger partial charge on any atom is 0.244 e. The Balaban J connectivity index is 1.64. The predicted molar refractivity (Wildman–Crippen MR) is 96.1 cm³/mol. The van der Waals surface area contributed by atoms with Crippen LogP contribution in [0.4, 0.5) is 11.4 Å². The molecule has 6 heteroatoms. The van der Waals surface area contributed by atoms with Crippen LogP contribution in [0.5, 0.6) is 0 Å². The van der Waals surface area contributed by atoms with E-state index in [0.717, 1.165) is 16.9 Å². The maximum atomic E-state index is 12.1. The molecule has 0 atom stereocenters. The number of rotatable bonds is 6. The summed E-state index contributed by atoms with van der Waals surface area (Å²) in [6.45, 7) is 0.872. The van der Waals surface area contributed by atoms with Crippen molar-refractivity contribution in [3.05, 3.63) is 77.8 Å². The standard InChI is InChI=1S/C18H17ClN4O/c19-15-7-5-14(6-8-15)11-21-16-3-1-2-4-17(16)22-18(24)12-23-10-9-20-13-23/h1-10,13,21H,11-12H2,(H,22,24). The smallest absolute Gasteiger partial charge is 0.244 e. The minimum absolute atomic E-state index is 0.103. The van der Waals surface area contributed by atoms with Crippen LogP contribution in [0.25, 0.3) is 0 Å². The zero-order valence-electron chi connectivity index (χ0n) is 12.9. The van der Waals surface area contributed by atoms with Crippen LogP contribution in [0.3, 0.4) is 0 Å². The molecule has 1 amide bonds. The van der Waals surface area contributed by atoms with Crippen molar-refractivity contribution in [2.75, 3.05) is 10.6 Å². The number of halogens is 1. The first-order chi connectivity index (χ1) is 11.7. The van der Waals surface area contributed by atoms with Crippen molar-refractivity contribution in [3.8, 4) is 0 Å². The van der Waals surface area contributed by atoms with E-state index in [-0.39, 0.29) is 12.5 Å². The first kappa shape index (κ1) is 16.1. The summed E-state index contributed by atoms with van der Waals surface area (Å²) < 4.78 is 1.72. The Bertz CT molecular complexity index is 800. The fourth-order valence-electron chi connectivity index (χ4n) is 2.28.